The van der Waals surface area contributed by atoms with Crippen LogP contribution in [0.5, 0.6) is 11.5 Å². The van der Waals surface area contributed by atoms with Gasteiger partial charge in [0.2, 0.25) is 12.7 Å². The first-order chi connectivity index (χ1) is 13.8. The first kappa shape index (κ1) is 16.8. The molecule has 7 heteroatoms. The van der Waals surface area contributed by atoms with E-state index in [-0.39, 0.29) is 6.79 Å². The van der Waals surface area contributed by atoms with Crippen molar-refractivity contribution in [3.63, 3.8) is 0 Å². The molecule has 5 rings (SSSR count). The molecule has 1 saturated carbocycles. The minimum Gasteiger partial charge on any atom is -0.454 e. The van der Waals surface area contributed by atoms with Crippen molar-refractivity contribution < 1.29 is 9.47 Å². The Morgan fingerprint density at radius 2 is 1.86 bits per heavy atom. The number of hydrogen-bond acceptors (Lipinski definition) is 7. The van der Waals surface area contributed by atoms with E-state index in [9.17, 15) is 0 Å². The number of rotatable bonds is 5. The fourth-order valence-corrected chi connectivity index (χ4v) is 3.61. The van der Waals surface area contributed by atoms with Crippen molar-refractivity contribution >= 4 is 17.5 Å². The molecule has 0 radical (unpaired) electrons. The lowest BCUT2D eigenvalue weighted by atomic mass is 10.2. The van der Waals surface area contributed by atoms with Crippen molar-refractivity contribution in [3.05, 3.63) is 48.8 Å². The number of nitrogens with one attached hydrogen (secondary N) is 2. The molecule has 3 aromatic rings. The summed E-state index contributed by atoms with van der Waals surface area (Å²) in [6.45, 7) is 0.257. The molecule has 1 aliphatic heterocycles. The van der Waals surface area contributed by atoms with Crippen molar-refractivity contribution in [2.24, 2.45) is 0 Å². The normalized spacial score (nSPS) is 15.6. The molecular formula is C21H21N5O2. The third-order valence-corrected chi connectivity index (χ3v) is 5.02. The number of aromatic nitrogens is 3. The molecule has 0 unspecified atom stereocenters. The lowest BCUT2D eigenvalue weighted by Gasteiger charge is -2.15. The number of benzene rings is 1. The Kier molecular flexibility index (Phi) is 4.40. The summed E-state index contributed by atoms with van der Waals surface area (Å²) < 4.78 is 10.8. The SMILES string of the molecule is c1cncc(-c2cc(Nc3ccc4c(c3)OCO4)nc(NC3CCCC3)n2)c1. The zero-order valence-corrected chi connectivity index (χ0v) is 15.4. The third kappa shape index (κ3) is 3.55. The standard InChI is InChI=1S/C21H21N5O2/c1-2-6-15(5-1)24-21-25-17(14-4-3-9-22-12-14)11-20(26-21)23-16-7-8-18-19(10-16)28-13-27-18/h3-4,7-12,15H,1-2,5-6,13H2,(H2,23,24,25,26). The smallest absolute Gasteiger partial charge is 0.231 e. The lowest BCUT2D eigenvalue weighted by molar-refractivity contribution is 0.174. The third-order valence-electron chi connectivity index (χ3n) is 5.02. The molecule has 2 aromatic heterocycles. The molecule has 142 valence electrons. The van der Waals surface area contributed by atoms with Crippen LogP contribution in [0.25, 0.3) is 11.3 Å². The van der Waals surface area contributed by atoms with Crippen LogP contribution in [0.2, 0.25) is 0 Å². The number of fused-ring (bicyclic) bond motifs is 1. The number of hydrogen-bond donors (Lipinski definition) is 2. The first-order valence-electron chi connectivity index (χ1n) is 9.56. The molecule has 3 heterocycles. The van der Waals surface area contributed by atoms with E-state index in [1.807, 2.05) is 42.6 Å². The topological polar surface area (TPSA) is 81.2 Å². The largest absolute Gasteiger partial charge is 0.454 e. The van der Waals surface area contributed by atoms with Crippen molar-refractivity contribution in [1.82, 2.24) is 15.0 Å². The average molecular weight is 375 g/mol. The van der Waals surface area contributed by atoms with E-state index < -0.39 is 0 Å². The quantitative estimate of drug-likeness (QED) is 0.685. The van der Waals surface area contributed by atoms with Crippen LogP contribution in [-0.2, 0) is 0 Å². The van der Waals surface area contributed by atoms with E-state index >= 15 is 0 Å². The van der Waals surface area contributed by atoms with Crippen molar-refractivity contribution in [2.75, 3.05) is 17.4 Å². The lowest BCUT2D eigenvalue weighted by Crippen LogP contribution is -2.17. The van der Waals surface area contributed by atoms with Crippen LogP contribution in [0.4, 0.5) is 17.5 Å². The van der Waals surface area contributed by atoms with Gasteiger partial charge in [0.15, 0.2) is 11.5 Å². The number of pyridine rings is 1. The molecule has 2 aliphatic rings. The zero-order valence-electron chi connectivity index (χ0n) is 15.4. The molecule has 2 N–H and O–H groups in total. The number of ether oxygens (including phenoxy) is 2. The summed E-state index contributed by atoms with van der Waals surface area (Å²) in [5, 5.41) is 6.85. The highest BCUT2D eigenvalue weighted by Gasteiger charge is 2.17. The Bertz CT molecular complexity index is 974. The van der Waals surface area contributed by atoms with Gasteiger partial charge < -0.3 is 20.1 Å². The molecule has 0 spiro atoms. The Morgan fingerprint density at radius 3 is 2.71 bits per heavy atom. The van der Waals surface area contributed by atoms with Crippen molar-refractivity contribution in [3.8, 4) is 22.8 Å². The highest BCUT2D eigenvalue weighted by atomic mass is 16.7. The second-order valence-electron chi connectivity index (χ2n) is 7.02. The monoisotopic (exact) mass is 375 g/mol. The van der Waals surface area contributed by atoms with E-state index in [1.165, 1.54) is 12.8 Å². The van der Waals surface area contributed by atoms with Gasteiger partial charge in [-0.3, -0.25) is 4.98 Å². The fourth-order valence-electron chi connectivity index (χ4n) is 3.61. The summed E-state index contributed by atoms with van der Waals surface area (Å²) in [6.07, 6.45) is 8.39. The second kappa shape index (κ2) is 7.34. The van der Waals surface area contributed by atoms with Gasteiger partial charge in [-0.05, 0) is 37.1 Å². The maximum atomic E-state index is 5.47. The van der Waals surface area contributed by atoms with Crippen LogP contribution in [0.1, 0.15) is 25.7 Å². The van der Waals surface area contributed by atoms with E-state index in [0.29, 0.717) is 17.8 Å². The molecule has 0 bridgehead atoms. The Morgan fingerprint density at radius 1 is 0.964 bits per heavy atom. The van der Waals surface area contributed by atoms with Crippen LogP contribution >= 0.6 is 0 Å². The van der Waals surface area contributed by atoms with Crippen LogP contribution in [0.3, 0.4) is 0 Å². The zero-order chi connectivity index (χ0) is 18.8. The molecule has 0 saturated heterocycles. The van der Waals surface area contributed by atoms with Gasteiger partial charge in [-0.25, -0.2) is 4.98 Å². The van der Waals surface area contributed by atoms with Gasteiger partial charge in [0, 0.05) is 41.8 Å². The number of nitrogens with zero attached hydrogens (tertiary/aromatic N) is 3. The van der Waals surface area contributed by atoms with E-state index in [0.717, 1.165) is 41.3 Å². The minimum atomic E-state index is 0.257. The van der Waals surface area contributed by atoms with Crippen LogP contribution in [0, 0.1) is 0 Å². The van der Waals surface area contributed by atoms with Gasteiger partial charge in [0.25, 0.3) is 0 Å². The predicted molar refractivity (Wildman–Crippen MR) is 107 cm³/mol. The Hall–Kier alpha value is -3.35. The Labute approximate surface area is 163 Å². The average Bonchev–Trinajstić information content (AvgIpc) is 3.40. The summed E-state index contributed by atoms with van der Waals surface area (Å²) in [4.78, 5) is 13.6. The second-order valence-corrected chi connectivity index (χ2v) is 7.02. The van der Waals surface area contributed by atoms with Crippen LogP contribution < -0.4 is 20.1 Å². The summed E-state index contributed by atoms with van der Waals surface area (Å²) in [5.41, 5.74) is 2.66. The molecule has 1 fully saturated rings. The van der Waals surface area contributed by atoms with Crippen LogP contribution in [-0.4, -0.2) is 27.8 Å². The van der Waals surface area contributed by atoms with Gasteiger partial charge in [0.1, 0.15) is 5.82 Å². The highest BCUT2D eigenvalue weighted by Crippen LogP contribution is 2.35. The maximum absolute atomic E-state index is 5.47. The van der Waals surface area contributed by atoms with E-state index in [4.69, 9.17) is 14.5 Å². The van der Waals surface area contributed by atoms with Gasteiger partial charge in [-0.2, -0.15) is 4.98 Å². The van der Waals surface area contributed by atoms with Crippen LogP contribution in [0.15, 0.2) is 48.8 Å². The first-order valence-corrected chi connectivity index (χ1v) is 9.56. The summed E-state index contributed by atoms with van der Waals surface area (Å²) >= 11 is 0. The molecule has 1 aromatic carbocycles. The molecular weight excluding hydrogens is 354 g/mol. The molecule has 0 amide bonds. The van der Waals surface area contributed by atoms with E-state index in [1.54, 1.807) is 6.20 Å². The molecule has 0 atom stereocenters. The van der Waals surface area contributed by atoms with Gasteiger partial charge in [0.05, 0.1) is 5.69 Å². The fraction of sp³-hybridized carbons (Fsp3) is 0.286. The summed E-state index contributed by atoms with van der Waals surface area (Å²) in [6, 6.07) is 12.0. The van der Waals surface area contributed by atoms with Gasteiger partial charge in [-0.15, -0.1) is 0 Å². The summed E-state index contributed by atoms with van der Waals surface area (Å²) in [5.74, 6) is 2.84. The Balaban J connectivity index is 1.47. The van der Waals surface area contributed by atoms with Crippen molar-refractivity contribution in [2.45, 2.75) is 31.7 Å². The van der Waals surface area contributed by atoms with Gasteiger partial charge in [-0.1, -0.05) is 12.8 Å². The molecule has 1 aliphatic carbocycles. The predicted octanol–water partition coefficient (Wildman–Crippen LogP) is 4.37. The highest BCUT2D eigenvalue weighted by molar-refractivity contribution is 5.68. The minimum absolute atomic E-state index is 0.257. The molecule has 7 nitrogen and oxygen atoms in total. The van der Waals surface area contributed by atoms with Crippen molar-refractivity contribution in [1.29, 1.82) is 0 Å². The number of anilines is 3. The molecule has 28 heavy (non-hydrogen) atoms. The van der Waals surface area contributed by atoms with Gasteiger partial charge >= 0.3 is 0 Å². The van der Waals surface area contributed by atoms with E-state index in [2.05, 4.69) is 20.6 Å². The summed E-state index contributed by atoms with van der Waals surface area (Å²) in [7, 11) is 0. The maximum Gasteiger partial charge on any atom is 0.231 e.